The third kappa shape index (κ3) is 3.74. The molecule has 3 heterocycles. The van der Waals surface area contributed by atoms with Crippen LogP contribution in [0.4, 0.5) is 5.82 Å². The lowest BCUT2D eigenvalue weighted by Gasteiger charge is -2.42. The third-order valence-electron chi connectivity index (χ3n) is 5.72. The highest BCUT2D eigenvalue weighted by Gasteiger charge is 2.38. The molecule has 0 aliphatic carbocycles. The number of methoxy groups -OCH3 is 2. The van der Waals surface area contributed by atoms with Crippen LogP contribution in [0.2, 0.25) is 0 Å². The maximum Gasteiger partial charge on any atom is 0.345 e. The van der Waals surface area contributed by atoms with Crippen molar-refractivity contribution in [1.82, 2.24) is 5.16 Å². The van der Waals surface area contributed by atoms with Gasteiger partial charge in [-0.15, -0.1) is 0 Å². The molecule has 1 saturated heterocycles. The van der Waals surface area contributed by atoms with Crippen molar-refractivity contribution in [2.75, 3.05) is 38.8 Å². The predicted molar refractivity (Wildman–Crippen MR) is 108 cm³/mol. The van der Waals surface area contributed by atoms with E-state index in [1.165, 1.54) is 12.7 Å². The van der Waals surface area contributed by atoms with Crippen molar-refractivity contribution in [3.05, 3.63) is 41.5 Å². The Balaban J connectivity index is 1.62. The zero-order valence-electron chi connectivity index (χ0n) is 17.1. The average Bonchev–Trinajstić information content (AvgIpc) is 3.19. The number of anilines is 1. The summed E-state index contributed by atoms with van der Waals surface area (Å²) < 4.78 is 22.0. The zero-order chi connectivity index (χ0) is 20.4. The van der Waals surface area contributed by atoms with Crippen LogP contribution in [0.5, 0.6) is 5.75 Å². The molecule has 2 aromatic rings. The van der Waals surface area contributed by atoms with E-state index in [0.717, 1.165) is 50.3 Å². The van der Waals surface area contributed by atoms with Crippen LogP contribution in [-0.2, 0) is 9.47 Å². The Morgan fingerprint density at radius 2 is 1.90 bits per heavy atom. The molecule has 1 aromatic carbocycles. The van der Waals surface area contributed by atoms with Gasteiger partial charge in [0.05, 0.1) is 26.4 Å². The smallest absolute Gasteiger partial charge is 0.345 e. The fourth-order valence-electron chi connectivity index (χ4n) is 4.09. The monoisotopic (exact) mass is 398 g/mol. The maximum atomic E-state index is 12.6. The first-order valence-corrected chi connectivity index (χ1v) is 9.85. The molecule has 2 aliphatic heterocycles. The number of nitrogens with zero attached hydrogens (tertiary/aromatic N) is 2. The first kappa shape index (κ1) is 19.5. The summed E-state index contributed by atoms with van der Waals surface area (Å²) >= 11 is 0. The fraction of sp³-hybridized carbons (Fsp3) is 0.455. The van der Waals surface area contributed by atoms with Gasteiger partial charge in [0.15, 0.2) is 17.1 Å². The second-order valence-corrected chi connectivity index (χ2v) is 7.57. The molecule has 0 amide bonds. The summed E-state index contributed by atoms with van der Waals surface area (Å²) in [6.07, 6.45) is 4.94. The maximum absolute atomic E-state index is 12.6. The predicted octanol–water partition coefficient (Wildman–Crippen LogP) is 3.84. The number of rotatable bonds is 4. The molecule has 4 rings (SSSR count). The quantitative estimate of drug-likeness (QED) is 0.572. The minimum Gasteiger partial charge on any atom is -0.497 e. The molecule has 1 aromatic heterocycles. The summed E-state index contributed by atoms with van der Waals surface area (Å²) in [4.78, 5) is 14.7. The summed E-state index contributed by atoms with van der Waals surface area (Å²) in [7, 11) is 2.98. The van der Waals surface area contributed by atoms with Crippen LogP contribution in [0.15, 0.2) is 40.4 Å². The van der Waals surface area contributed by atoms with Crippen LogP contribution in [0.3, 0.4) is 0 Å². The molecule has 7 heteroatoms. The van der Waals surface area contributed by atoms with Crippen LogP contribution in [0.25, 0.3) is 11.3 Å². The van der Waals surface area contributed by atoms with Gasteiger partial charge in [0.2, 0.25) is 0 Å². The van der Waals surface area contributed by atoms with Crippen LogP contribution in [0, 0.1) is 0 Å². The standard InChI is InChI=1S/C22H26N2O5/c1-15-8-13-28-22(14-15)9-11-24(12-10-22)20-18(21(25)27-3)19(29-23-20)16-4-6-17(26-2)7-5-16/h4-7,14H,8-13H2,1-3H3. The molecule has 0 saturated carbocycles. The van der Waals surface area contributed by atoms with E-state index >= 15 is 0 Å². The first-order valence-electron chi connectivity index (χ1n) is 9.85. The normalized spacial score (nSPS) is 18.4. The van der Waals surface area contributed by atoms with E-state index in [0.29, 0.717) is 17.1 Å². The van der Waals surface area contributed by atoms with Crippen molar-refractivity contribution in [2.24, 2.45) is 0 Å². The lowest BCUT2D eigenvalue weighted by Crippen LogP contribution is -2.47. The van der Waals surface area contributed by atoms with E-state index in [9.17, 15) is 4.79 Å². The van der Waals surface area contributed by atoms with Crippen molar-refractivity contribution in [2.45, 2.75) is 31.8 Å². The molecule has 1 fully saturated rings. The van der Waals surface area contributed by atoms with Gasteiger partial charge in [-0.25, -0.2) is 4.79 Å². The minimum absolute atomic E-state index is 0.202. The molecule has 0 radical (unpaired) electrons. The summed E-state index contributed by atoms with van der Waals surface area (Å²) in [6.45, 7) is 4.37. The van der Waals surface area contributed by atoms with Gasteiger partial charge in [-0.3, -0.25) is 0 Å². The average molecular weight is 398 g/mol. The zero-order valence-corrected chi connectivity index (χ0v) is 17.1. The van der Waals surface area contributed by atoms with E-state index in [2.05, 4.69) is 23.1 Å². The summed E-state index contributed by atoms with van der Waals surface area (Å²) in [6, 6.07) is 7.31. The number of ether oxygens (including phenoxy) is 3. The third-order valence-corrected chi connectivity index (χ3v) is 5.72. The number of hydrogen-bond acceptors (Lipinski definition) is 7. The Kier molecular flexibility index (Phi) is 5.32. The Hall–Kier alpha value is -2.80. The summed E-state index contributed by atoms with van der Waals surface area (Å²) in [5.74, 6) is 1.19. The number of carbonyl (C=O) groups excluding carboxylic acids is 1. The van der Waals surface area contributed by atoms with Crippen LogP contribution in [-0.4, -0.2) is 50.6 Å². The minimum atomic E-state index is -0.461. The van der Waals surface area contributed by atoms with Crippen LogP contribution >= 0.6 is 0 Å². The van der Waals surface area contributed by atoms with Crippen molar-refractivity contribution in [1.29, 1.82) is 0 Å². The van der Waals surface area contributed by atoms with E-state index in [-0.39, 0.29) is 5.60 Å². The topological polar surface area (TPSA) is 74.0 Å². The molecule has 29 heavy (non-hydrogen) atoms. The number of esters is 1. The number of benzene rings is 1. The van der Waals surface area contributed by atoms with Crippen LogP contribution in [0.1, 0.15) is 36.5 Å². The van der Waals surface area contributed by atoms with Gasteiger partial charge in [-0.1, -0.05) is 16.8 Å². The van der Waals surface area contributed by atoms with E-state index in [1.807, 2.05) is 24.3 Å². The van der Waals surface area contributed by atoms with Gasteiger partial charge < -0.3 is 23.6 Å². The SMILES string of the molecule is COC(=O)c1c(N2CCC3(C=C(C)CCO3)CC2)noc1-c1ccc(OC)cc1. The Morgan fingerprint density at radius 3 is 2.52 bits per heavy atom. The second-order valence-electron chi connectivity index (χ2n) is 7.57. The van der Waals surface area contributed by atoms with Gasteiger partial charge in [-0.2, -0.15) is 0 Å². The lowest BCUT2D eigenvalue weighted by atomic mass is 9.87. The van der Waals surface area contributed by atoms with Crippen molar-refractivity contribution in [3.63, 3.8) is 0 Å². The van der Waals surface area contributed by atoms with Gasteiger partial charge in [-0.05, 0) is 50.5 Å². The van der Waals surface area contributed by atoms with Crippen molar-refractivity contribution in [3.8, 4) is 17.1 Å². The summed E-state index contributed by atoms with van der Waals surface area (Å²) in [5, 5.41) is 4.24. The molecule has 0 N–H and O–H groups in total. The molecule has 0 bridgehead atoms. The van der Waals surface area contributed by atoms with E-state index in [4.69, 9.17) is 18.7 Å². The molecule has 0 atom stereocenters. The number of aromatic nitrogens is 1. The fourth-order valence-corrected chi connectivity index (χ4v) is 4.09. The lowest BCUT2D eigenvalue weighted by molar-refractivity contribution is -0.0326. The van der Waals surface area contributed by atoms with E-state index in [1.54, 1.807) is 7.11 Å². The van der Waals surface area contributed by atoms with Gasteiger partial charge in [0, 0.05) is 18.7 Å². The van der Waals surface area contributed by atoms with Crippen molar-refractivity contribution < 1.29 is 23.5 Å². The van der Waals surface area contributed by atoms with Gasteiger partial charge in [0.25, 0.3) is 0 Å². The van der Waals surface area contributed by atoms with Gasteiger partial charge >= 0.3 is 5.97 Å². The molecule has 0 unspecified atom stereocenters. The largest absolute Gasteiger partial charge is 0.497 e. The van der Waals surface area contributed by atoms with Crippen LogP contribution < -0.4 is 9.64 Å². The van der Waals surface area contributed by atoms with Crippen molar-refractivity contribution >= 4 is 11.8 Å². The molecular formula is C22H26N2O5. The Morgan fingerprint density at radius 1 is 1.17 bits per heavy atom. The highest BCUT2D eigenvalue weighted by molar-refractivity contribution is 6.00. The highest BCUT2D eigenvalue weighted by Crippen LogP contribution is 2.38. The summed E-state index contributed by atoms with van der Waals surface area (Å²) in [5.41, 5.74) is 2.27. The molecule has 2 aliphatic rings. The highest BCUT2D eigenvalue weighted by atomic mass is 16.5. The molecular weight excluding hydrogens is 372 g/mol. The molecule has 7 nitrogen and oxygen atoms in total. The van der Waals surface area contributed by atoms with E-state index < -0.39 is 5.97 Å². The van der Waals surface area contributed by atoms with Gasteiger partial charge in [0.1, 0.15) is 5.75 Å². The Labute approximate surface area is 170 Å². The number of carbonyl (C=O) groups is 1. The number of piperidine rings is 1. The molecule has 154 valence electrons. The first-order chi connectivity index (χ1) is 14.0. The second kappa shape index (κ2) is 7.91. The Bertz CT molecular complexity index is 908. The molecule has 1 spiro atoms. The number of hydrogen-bond donors (Lipinski definition) is 0.